The van der Waals surface area contributed by atoms with Crippen LogP contribution in [0.1, 0.15) is 85.3 Å². The zero-order valence-corrected chi connectivity index (χ0v) is 24.4. The summed E-state index contributed by atoms with van der Waals surface area (Å²) in [6.45, 7) is 14.9. The Morgan fingerprint density at radius 3 is 2.38 bits per heavy atom. The average Bonchev–Trinajstić information content (AvgIpc) is 2.90. The Bertz CT molecular complexity index is 1160. The van der Waals surface area contributed by atoms with Gasteiger partial charge in [0.2, 0.25) is 0 Å². The molecule has 39 heavy (non-hydrogen) atoms. The molecule has 3 N–H and O–H groups in total. The molecule has 1 fully saturated rings. The van der Waals surface area contributed by atoms with Gasteiger partial charge in [-0.2, -0.15) is 8.78 Å². The van der Waals surface area contributed by atoms with Crippen molar-refractivity contribution in [3.63, 3.8) is 0 Å². The molecule has 0 saturated carbocycles. The minimum atomic E-state index is -3.80. The summed E-state index contributed by atoms with van der Waals surface area (Å²) in [5.41, 5.74) is 9.85. The van der Waals surface area contributed by atoms with E-state index in [1.54, 1.807) is 0 Å². The van der Waals surface area contributed by atoms with Crippen LogP contribution < -0.4 is 11.1 Å². The molecule has 1 aliphatic rings. The van der Waals surface area contributed by atoms with Gasteiger partial charge in [-0.25, -0.2) is 8.78 Å². The van der Waals surface area contributed by atoms with Gasteiger partial charge in [-0.05, 0) is 78.0 Å². The Morgan fingerprint density at radius 2 is 1.82 bits per heavy atom. The van der Waals surface area contributed by atoms with E-state index < -0.39 is 23.6 Å². The second-order valence-corrected chi connectivity index (χ2v) is 10.2. The lowest BCUT2D eigenvalue weighted by atomic mass is 9.97. The maximum absolute atomic E-state index is 15.0. The van der Waals surface area contributed by atoms with Gasteiger partial charge in [-0.15, -0.1) is 0 Å². The highest BCUT2D eigenvalue weighted by Gasteiger charge is 2.30. The van der Waals surface area contributed by atoms with Crippen LogP contribution in [0.15, 0.2) is 69.0 Å². The number of piperidine rings is 1. The third-order valence-electron chi connectivity index (χ3n) is 7.47. The molecule has 8 heteroatoms. The summed E-state index contributed by atoms with van der Waals surface area (Å²) in [4.78, 5) is 6.78. The Hall–Kier alpha value is -2.87. The first-order chi connectivity index (χ1) is 18.3. The van der Waals surface area contributed by atoms with Crippen molar-refractivity contribution >= 4 is 5.84 Å². The quantitative estimate of drug-likeness (QED) is 0.102. The van der Waals surface area contributed by atoms with E-state index in [0.29, 0.717) is 18.8 Å². The molecular weight excluding hydrogens is 504 g/mol. The molecule has 0 radical (unpaired) electrons. The van der Waals surface area contributed by atoms with Gasteiger partial charge in [0, 0.05) is 35.6 Å². The number of likely N-dealkylation sites (tertiary alicyclic amines) is 1. The van der Waals surface area contributed by atoms with Crippen LogP contribution >= 0.6 is 0 Å². The lowest BCUT2D eigenvalue weighted by Crippen LogP contribution is -2.35. The Kier molecular flexibility index (Phi) is 12.0. The third-order valence-corrected chi connectivity index (χ3v) is 7.47. The summed E-state index contributed by atoms with van der Waals surface area (Å²) in [7, 11) is 0. The molecule has 1 unspecified atom stereocenters. The zero-order chi connectivity index (χ0) is 29.3. The number of amidine groups is 1. The number of halogens is 4. The third kappa shape index (κ3) is 8.82. The first-order valence-corrected chi connectivity index (χ1v) is 13.7. The van der Waals surface area contributed by atoms with E-state index in [2.05, 4.69) is 19.2 Å². The SMILES string of the molecule is C\C=C(/C=C(C(=NCc1cccc(C(N)(F)F)c1F)N/C(C)=C(/C)CC)\C(C)=C(\C)CC)N1CCCC(F)C1. The topological polar surface area (TPSA) is 53.6 Å². The molecule has 1 aromatic carbocycles. The van der Waals surface area contributed by atoms with Crippen molar-refractivity contribution in [2.45, 2.75) is 92.9 Å². The molecule has 0 amide bonds. The van der Waals surface area contributed by atoms with Crippen molar-refractivity contribution < 1.29 is 17.6 Å². The average molecular weight is 549 g/mol. The largest absolute Gasteiger partial charge is 0.369 e. The van der Waals surface area contributed by atoms with E-state index >= 15 is 4.39 Å². The van der Waals surface area contributed by atoms with Crippen molar-refractivity contribution in [1.82, 2.24) is 10.2 Å². The molecular formula is C31H44F4N4. The minimum Gasteiger partial charge on any atom is -0.369 e. The number of nitrogens with one attached hydrogen (secondary N) is 1. The predicted octanol–water partition coefficient (Wildman–Crippen LogP) is 8.04. The number of benzene rings is 1. The molecule has 1 atom stereocenters. The van der Waals surface area contributed by atoms with Gasteiger partial charge in [0.1, 0.15) is 17.8 Å². The molecule has 2 rings (SSSR count). The van der Waals surface area contributed by atoms with Crippen LogP contribution in [0.4, 0.5) is 17.6 Å². The van der Waals surface area contributed by atoms with Crippen LogP contribution in [-0.4, -0.2) is 30.0 Å². The fourth-order valence-corrected chi connectivity index (χ4v) is 4.38. The smallest absolute Gasteiger partial charge is 0.329 e. The standard InChI is InChI=1S/C31H44F4N4/c1-8-20(4)22(6)27(17-26(10-3)39-16-12-14-25(32)19-39)30(38-23(7)21(5)9-2)37-18-24-13-11-15-28(29(24)33)31(34,35)36/h10-11,13,15,17,25H,8-9,12,14,16,18-19,36H2,1-7H3,(H,37,38)/b22-20-,23-21-,26-10+,27-17+. The number of nitrogens with zero attached hydrogens (tertiary/aromatic N) is 2. The Morgan fingerprint density at radius 1 is 1.15 bits per heavy atom. The van der Waals surface area contributed by atoms with E-state index in [1.165, 1.54) is 12.1 Å². The molecule has 216 valence electrons. The van der Waals surface area contributed by atoms with Gasteiger partial charge in [0.25, 0.3) is 0 Å². The predicted molar refractivity (Wildman–Crippen MR) is 154 cm³/mol. The number of allylic oxidation sites excluding steroid dienone is 5. The summed E-state index contributed by atoms with van der Waals surface area (Å²) in [5.74, 6) is -0.577. The monoisotopic (exact) mass is 548 g/mol. The van der Waals surface area contributed by atoms with Crippen LogP contribution in [0, 0.1) is 5.82 Å². The number of alkyl halides is 3. The fraction of sp³-hybridized carbons (Fsp3) is 0.516. The highest BCUT2D eigenvalue weighted by Crippen LogP contribution is 2.28. The van der Waals surface area contributed by atoms with Crippen LogP contribution in [0.25, 0.3) is 0 Å². The zero-order valence-electron chi connectivity index (χ0n) is 24.4. The maximum Gasteiger partial charge on any atom is 0.329 e. The van der Waals surface area contributed by atoms with Crippen LogP contribution in [-0.2, 0) is 12.6 Å². The van der Waals surface area contributed by atoms with Crippen molar-refractivity contribution in [1.29, 1.82) is 0 Å². The summed E-state index contributed by atoms with van der Waals surface area (Å²) in [5, 5.41) is 3.42. The van der Waals surface area contributed by atoms with E-state index in [1.807, 2.05) is 51.7 Å². The molecule has 4 nitrogen and oxygen atoms in total. The second-order valence-electron chi connectivity index (χ2n) is 10.2. The van der Waals surface area contributed by atoms with Crippen LogP contribution in [0.2, 0.25) is 0 Å². The van der Waals surface area contributed by atoms with Gasteiger partial charge >= 0.3 is 6.05 Å². The van der Waals surface area contributed by atoms with E-state index in [9.17, 15) is 13.2 Å². The minimum absolute atomic E-state index is 0.0153. The lowest BCUT2D eigenvalue weighted by molar-refractivity contribution is -0.000742. The van der Waals surface area contributed by atoms with Gasteiger partial charge in [0.15, 0.2) is 0 Å². The molecule has 0 aliphatic carbocycles. The number of aliphatic imine (C=N–C) groups is 1. The molecule has 0 bridgehead atoms. The molecule has 1 aromatic rings. The number of nitrogens with two attached hydrogens (primary N) is 1. The Balaban J connectivity index is 2.71. The van der Waals surface area contributed by atoms with Crippen molar-refractivity contribution in [2.75, 3.05) is 13.1 Å². The normalized spacial score (nSPS) is 19.1. The van der Waals surface area contributed by atoms with Crippen molar-refractivity contribution in [2.24, 2.45) is 10.7 Å². The Labute approximate surface area is 231 Å². The molecule has 1 saturated heterocycles. The van der Waals surface area contributed by atoms with Gasteiger partial charge < -0.3 is 10.2 Å². The van der Waals surface area contributed by atoms with Gasteiger partial charge in [-0.1, -0.05) is 43.2 Å². The van der Waals surface area contributed by atoms with Crippen molar-refractivity contribution in [3.05, 3.63) is 81.0 Å². The van der Waals surface area contributed by atoms with E-state index in [4.69, 9.17) is 10.7 Å². The van der Waals surface area contributed by atoms with E-state index in [-0.39, 0.29) is 12.1 Å². The van der Waals surface area contributed by atoms with Crippen molar-refractivity contribution in [3.8, 4) is 0 Å². The summed E-state index contributed by atoms with van der Waals surface area (Å²) >= 11 is 0. The highest BCUT2D eigenvalue weighted by molar-refractivity contribution is 6.03. The molecule has 0 aromatic heterocycles. The van der Waals surface area contributed by atoms with Crippen LogP contribution in [0.3, 0.4) is 0 Å². The molecule has 0 spiro atoms. The van der Waals surface area contributed by atoms with Gasteiger partial charge in [-0.3, -0.25) is 10.7 Å². The lowest BCUT2D eigenvalue weighted by Gasteiger charge is -2.32. The van der Waals surface area contributed by atoms with Crippen LogP contribution in [0.5, 0.6) is 0 Å². The summed E-state index contributed by atoms with van der Waals surface area (Å²) in [6, 6.07) is -0.0262. The first-order valence-electron chi connectivity index (χ1n) is 13.7. The number of hydrogen-bond donors (Lipinski definition) is 2. The first kappa shape index (κ1) is 32.3. The maximum atomic E-state index is 15.0. The number of hydrogen-bond acceptors (Lipinski definition) is 3. The number of rotatable bonds is 10. The summed E-state index contributed by atoms with van der Waals surface area (Å²) in [6.07, 6.45) is 6.01. The fourth-order valence-electron chi connectivity index (χ4n) is 4.38. The molecule has 1 aliphatic heterocycles. The second kappa shape index (κ2) is 14.5. The van der Waals surface area contributed by atoms with Gasteiger partial charge in [0.05, 0.1) is 12.1 Å². The molecule has 1 heterocycles. The van der Waals surface area contributed by atoms with E-state index in [0.717, 1.165) is 65.6 Å². The summed E-state index contributed by atoms with van der Waals surface area (Å²) < 4.78 is 56.9. The highest BCUT2D eigenvalue weighted by atomic mass is 19.3.